The third kappa shape index (κ3) is 5.54. The molecule has 180 valence electrons. The molecular weight excluding hydrogens is 444 g/mol. The quantitative estimate of drug-likeness (QED) is 0.342. The van der Waals surface area contributed by atoms with Crippen LogP contribution in [0.1, 0.15) is 25.0 Å². The van der Waals surface area contributed by atoms with Crippen molar-refractivity contribution in [3.05, 3.63) is 59.7 Å². The Labute approximate surface area is 196 Å². The molecule has 1 saturated heterocycles. The van der Waals surface area contributed by atoms with Crippen LogP contribution in [-0.4, -0.2) is 50.1 Å². The second-order valence-electron chi connectivity index (χ2n) is 8.34. The van der Waals surface area contributed by atoms with E-state index < -0.39 is 41.3 Å². The average Bonchev–Trinajstić information content (AvgIpc) is 2.84. The number of carbonyl (C=O) groups is 4. The number of ether oxygens (including phenoxy) is 5. The van der Waals surface area contributed by atoms with Crippen LogP contribution in [-0.2, 0) is 46.4 Å². The second-order valence-corrected chi connectivity index (χ2v) is 8.34. The van der Waals surface area contributed by atoms with E-state index in [0.717, 1.165) is 5.56 Å². The van der Waals surface area contributed by atoms with Crippen LogP contribution in [0.5, 0.6) is 11.5 Å². The van der Waals surface area contributed by atoms with Crippen molar-refractivity contribution in [3.63, 3.8) is 0 Å². The van der Waals surface area contributed by atoms with Crippen LogP contribution >= 0.6 is 0 Å². The number of esters is 3. The van der Waals surface area contributed by atoms with Gasteiger partial charge in [0.25, 0.3) is 5.78 Å². The van der Waals surface area contributed by atoms with Gasteiger partial charge < -0.3 is 23.7 Å². The molecule has 34 heavy (non-hydrogen) atoms. The molecule has 0 aromatic heterocycles. The van der Waals surface area contributed by atoms with E-state index in [2.05, 4.69) is 0 Å². The van der Waals surface area contributed by atoms with Crippen molar-refractivity contribution in [2.75, 3.05) is 14.2 Å². The number of Topliss-reactive ketones (excluding diaryl/α,β-unsaturated/α-hetero) is 1. The van der Waals surface area contributed by atoms with Gasteiger partial charge in [-0.1, -0.05) is 38.1 Å². The number of hydrogen-bond donors (Lipinski definition) is 0. The molecule has 1 aliphatic heterocycles. The van der Waals surface area contributed by atoms with Crippen molar-refractivity contribution in [2.24, 2.45) is 5.41 Å². The molecule has 0 spiro atoms. The predicted molar refractivity (Wildman–Crippen MR) is 118 cm³/mol. The molecule has 0 N–H and O–H groups in total. The van der Waals surface area contributed by atoms with E-state index in [4.69, 9.17) is 23.7 Å². The van der Waals surface area contributed by atoms with Gasteiger partial charge in [0, 0.05) is 11.8 Å². The lowest BCUT2D eigenvalue weighted by molar-refractivity contribution is -0.197. The fraction of sp³-hybridized carbons (Fsp3) is 0.360. The van der Waals surface area contributed by atoms with E-state index in [0.29, 0.717) is 17.1 Å². The first-order valence-electron chi connectivity index (χ1n) is 10.5. The van der Waals surface area contributed by atoms with Gasteiger partial charge in [-0.25, -0.2) is 14.4 Å². The lowest BCUT2D eigenvalue weighted by atomic mass is 9.74. The predicted octanol–water partition coefficient (Wildman–Crippen LogP) is 2.42. The molecule has 0 saturated carbocycles. The maximum Gasteiger partial charge on any atom is 0.418 e. The van der Waals surface area contributed by atoms with E-state index in [1.807, 2.05) is 0 Å². The molecule has 1 heterocycles. The highest BCUT2D eigenvalue weighted by Gasteiger charge is 2.53. The van der Waals surface area contributed by atoms with Gasteiger partial charge in [-0.05, 0) is 35.4 Å². The summed E-state index contributed by atoms with van der Waals surface area (Å²) in [7, 11) is 3.07. The number of hydrogen-bond acceptors (Lipinski definition) is 9. The zero-order valence-electron chi connectivity index (χ0n) is 19.4. The normalized spacial score (nSPS) is 19.1. The number of cyclic esters (lactones) is 1. The largest absolute Gasteiger partial charge is 0.497 e. The average molecular weight is 470 g/mol. The monoisotopic (exact) mass is 470 g/mol. The van der Waals surface area contributed by atoms with Crippen LogP contribution in [0.15, 0.2) is 48.5 Å². The maximum atomic E-state index is 12.5. The first kappa shape index (κ1) is 24.8. The van der Waals surface area contributed by atoms with Gasteiger partial charge in [-0.2, -0.15) is 0 Å². The third-order valence-electron chi connectivity index (χ3n) is 5.69. The lowest BCUT2D eigenvalue weighted by Gasteiger charge is -2.41. The summed E-state index contributed by atoms with van der Waals surface area (Å²) in [6, 6.07) is 13.8. The van der Waals surface area contributed by atoms with E-state index in [9.17, 15) is 19.2 Å². The van der Waals surface area contributed by atoms with Gasteiger partial charge in [-0.3, -0.25) is 4.79 Å². The van der Waals surface area contributed by atoms with Crippen LogP contribution < -0.4 is 9.47 Å². The lowest BCUT2D eigenvalue weighted by Crippen LogP contribution is -2.57. The SMILES string of the molecule is COc1ccc(COC(=O)C(=O)OC2C(=O)C(=O)OC(Cc3ccc(OC)cc3)C2(C)C)cc1. The smallest absolute Gasteiger partial charge is 0.418 e. The topological polar surface area (TPSA) is 114 Å². The summed E-state index contributed by atoms with van der Waals surface area (Å²) in [6.45, 7) is 3.08. The molecule has 2 atom stereocenters. The van der Waals surface area contributed by atoms with Gasteiger partial charge >= 0.3 is 17.9 Å². The summed E-state index contributed by atoms with van der Waals surface area (Å²) < 4.78 is 25.7. The Bertz CT molecular complexity index is 1050. The van der Waals surface area contributed by atoms with Gasteiger partial charge in [0.1, 0.15) is 24.2 Å². The van der Waals surface area contributed by atoms with Crippen molar-refractivity contribution in [2.45, 2.75) is 39.1 Å². The van der Waals surface area contributed by atoms with E-state index in [-0.39, 0.29) is 13.0 Å². The summed E-state index contributed by atoms with van der Waals surface area (Å²) in [5.41, 5.74) is 0.348. The van der Waals surface area contributed by atoms with Crippen LogP contribution in [0.2, 0.25) is 0 Å². The Balaban J connectivity index is 1.66. The standard InChI is InChI=1S/C25H26O9/c1-25(2)19(13-15-5-9-17(30-3)10-6-15)33-22(27)20(26)21(25)34-24(29)23(28)32-14-16-7-11-18(31-4)12-8-16/h5-12,19,21H,13-14H2,1-4H3. The van der Waals surface area contributed by atoms with Crippen molar-refractivity contribution >= 4 is 23.7 Å². The fourth-order valence-corrected chi connectivity index (χ4v) is 3.52. The highest BCUT2D eigenvalue weighted by atomic mass is 16.6. The van der Waals surface area contributed by atoms with Crippen molar-refractivity contribution in [1.29, 1.82) is 0 Å². The molecule has 9 nitrogen and oxygen atoms in total. The summed E-state index contributed by atoms with van der Waals surface area (Å²) in [5, 5.41) is 0. The summed E-state index contributed by atoms with van der Waals surface area (Å²) in [4.78, 5) is 49.2. The number of carbonyl (C=O) groups excluding carboxylic acids is 4. The van der Waals surface area contributed by atoms with E-state index in [1.54, 1.807) is 69.5 Å². The number of methoxy groups -OCH3 is 2. The molecule has 1 aliphatic rings. The summed E-state index contributed by atoms with van der Waals surface area (Å²) >= 11 is 0. The van der Waals surface area contributed by atoms with Gasteiger partial charge in [0.05, 0.1) is 14.2 Å². The van der Waals surface area contributed by atoms with Crippen LogP contribution in [0.3, 0.4) is 0 Å². The maximum absolute atomic E-state index is 12.5. The second kappa shape index (κ2) is 10.4. The number of benzene rings is 2. The molecule has 9 heteroatoms. The summed E-state index contributed by atoms with van der Waals surface area (Å²) in [5.74, 6) is -3.50. The van der Waals surface area contributed by atoms with Gasteiger partial charge in [0.2, 0.25) is 0 Å². The van der Waals surface area contributed by atoms with E-state index >= 15 is 0 Å². The Morgan fingerprint density at radius 3 is 1.91 bits per heavy atom. The molecule has 2 aromatic carbocycles. The van der Waals surface area contributed by atoms with E-state index in [1.165, 1.54) is 7.11 Å². The minimum Gasteiger partial charge on any atom is -0.497 e. The Morgan fingerprint density at radius 1 is 0.853 bits per heavy atom. The molecule has 1 fully saturated rings. The van der Waals surface area contributed by atoms with Crippen molar-refractivity contribution < 1.29 is 42.9 Å². The molecule has 0 bridgehead atoms. The Kier molecular flexibility index (Phi) is 7.55. The van der Waals surface area contributed by atoms with Crippen molar-refractivity contribution in [3.8, 4) is 11.5 Å². The molecule has 0 amide bonds. The minimum atomic E-state index is -1.50. The Morgan fingerprint density at radius 2 is 1.38 bits per heavy atom. The third-order valence-corrected chi connectivity index (χ3v) is 5.69. The summed E-state index contributed by atoms with van der Waals surface area (Å²) in [6.07, 6.45) is -2.01. The zero-order chi connectivity index (χ0) is 24.9. The molecular formula is C25H26O9. The van der Waals surface area contributed by atoms with Gasteiger partial charge in [0.15, 0.2) is 6.10 Å². The van der Waals surface area contributed by atoms with Crippen LogP contribution in [0.25, 0.3) is 0 Å². The fourth-order valence-electron chi connectivity index (χ4n) is 3.52. The van der Waals surface area contributed by atoms with Crippen LogP contribution in [0, 0.1) is 5.41 Å². The first-order chi connectivity index (χ1) is 16.1. The molecule has 2 aromatic rings. The molecule has 3 rings (SSSR count). The van der Waals surface area contributed by atoms with Gasteiger partial charge in [-0.15, -0.1) is 0 Å². The molecule has 0 radical (unpaired) electrons. The minimum absolute atomic E-state index is 0.179. The first-order valence-corrected chi connectivity index (χ1v) is 10.5. The highest BCUT2D eigenvalue weighted by molar-refractivity contribution is 6.37. The molecule has 2 unspecified atom stereocenters. The number of rotatable bonds is 7. The highest BCUT2D eigenvalue weighted by Crippen LogP contribution is 2.37. The molecule has 0 aliphatic carbocycles. The zero-order valence-corrected chi connectivity index (χ0v) is 19.4. The van der Waals surface area contributed by atoms with Crippen molar-refractivity contribution in [1.82, 2.24) is 0 Å². The van der Waals surface area contributed by atoms with Crippen LogP contribution in [0.4, 0.5) is 0 Å². The Hall–Kier alpha value is -3.88. The number of ketones is 1.